The van der Waals surface area contributed by atoms with Crippen LogP contribution in [0.4, 0.5) is 0 Å². The van der Waals surface area contributed by atoms with Crippen LogP contribution < -0.4 is 16.1 Å². The van der Waals surface area contributed by atoms with Crippen LogP contribution >= 0.6 is 0 Å². The van der Waals surface area contributed by atoms with Crippen molar-refractivity contribution in [1.82, 2.24) is 0 Å². The van der Waals surface area contributed by atoms with E-state index in [2.05, 4.69) is 4.65 Å². The molecule has 0 unspecified atom stereocenters. The Labute approximate surface area is 87.8 Å². The second-order valence-corrected chi connectivity index (χ2v) is 2.92. The van der Waals surface area contributed by atoms with E-state index in [-0.39, 0.29) is 0 Å². The van der Waals surface area contributed by atoms with Gasteiger partial charge in [-0.1, -0.05) is 12.1 Å². The molecular weight excluding hydrogens is 195 g/mol. The smallest absolute Gasteiger partial charge is 0.374 e. The van der Waals surface area contributed by atoms with E-state index in [4.69, 9.17) is 19.5 Å². The molecule has 1 rings (SSSR count). The fraction of sp³-hybridized carbons (Fsp3) is 0.111. The summed E-state index contributed by atoms with van der Waals surface area (Å²) >= 11 is 0. The van der Waals surface area contributed by atoms with Crippen molar-refractivity contribution in [3.63, 3.8) is 0 Å². The molecule has 2 amide bonds. The molecule has 5 nitrogen and oxygen atoms in total. The monoisotopic (exact) mass is 204 g/mol. The highest BCUT2D eigenvalue weighted by Gasteiger charge is 2.23. The summed E-state index contributed by atoms with van der Waals surface area (Å²) in [6.07, 6.45) is 0. The second-order valence-electron chi connectivity index (χ2n) is 2.92. The Hall–Kier alpha value is -1.98. The SMILES string of the molecule is [B]Oc1ccc(C(C(N)=O)C(N)=O)cc1. The lowest BCUT2D eigenvalue weighted by Gasteiger charge is -2.10. The number of carbonyl (C=O) groups is 2. The van der Waals surface area contributed by atoms with E-state index >= 15 is 0 Å². The zero-order chi connectivity index (χ0) is 11.4. The number of benzene rings is 1. The first-order valence-electron chi connectivity index (χ1n) is 4.11. The van der Waals surface area contributed by atoms with Gasteiger partial charge in [0.2, 0.25) is 11.8 Å². The van der Waals surface area contributed by atoms with Crippen molar-refractivity contribution in [3.05, 3.63) is 29.8 Å². The van der Waals surface area contributed by atoms with Crippen molar-refractivity contribution in [1.29, 1.82) is 0 Å². The van der Waals surface area contributed by atoms with Crippen molar-refractivity contribution in [3.8, 4) is 5.75 Å². The van der Waals surface area contributed by atoms with Gasteiger partial charge >= 0.3 is 8.05 Å². The van der Waals surface area contributed by atoms with Gasteiger partial charge in [0.25, 0.3) is 0 Å². The third-order valence-corrected chi connectivity index (χ3v) is 1.92. The summed E-state index contributed by atoms with van der Waals surface area (Å²) in [6.45, 7) is 0. The molecule has 0 aromatic heterocycles. The number of carbonyl (C=O) groups excluding carboxylic acids is 2. The number of hydrogen-bond acceptors (Lipinski definition) is 3. The summed E-state index contributed by atoms with van der Waals surface area (Å²) in [6, 6.07) is 6.02. The average molecular weight is 204 g/mol. The maximum atomic E-state index is 11.0. The van der Waals surface area contributed by atoms with Gasteiger partial charge in [0.1, 0.15) is 5.92 Å². The molecule has 4 N–H and O–H groups in total. The summed E-state index contributed by atoms with van der Waals surface area (Å²) in [4.78, 5) is 21.9. The number of primary amides is 2. The average Bonchev–Trinajstić information content (AvgIpc) is 2.18. The molecule has 0 saturated heterocycles. The minimum absolute atomic E-state index is 0.409. The first-order chi connectivity index (χ1) is 7.06. The molecule has 0 fully saturated rings. The standard InChI is InChI=1S/C9H9BN2O3/c10-15-6-3-1-5(2-4-6)7(8(11)13)9(12)14/h1-4,7H,(H2,11,13)(H2,12,14). The van der Waals surface area contributed by atoms with Crippen molar-refractivity contribution in [2.24, 2.45) is 11.5 Å². The molecule has 15 heavy (non-hydrogen) atoms. The Bertz CT molecular complexity index is 363. The molecule has 1 aromatic carbocycles. The Balaban J connectivity index is 3.02. The summed E-state index contributed by atoms with van der Waals surface area (Å²) < 4.78 is 4.44. The molecule has 1 aromatic rings. The Morgan fingerprint density at radius 3 is 1.93 bits per heavy atom. The van der Waals surface area contributed by atoms with Gasteiger partial charge in [0, 0.05) is 0 Å². The molecule has 0 aliphatic heterocycles. The zero-order valence-corrected chi connectivity index (χ0v) is 7.84. The summed E-state index contributed by atoms with van der Waals surface area (Å²) in [7, 11) is 4.91. The lowest BCUT2D eigenvalue weighted by molar-refractivity contribution is -0.128. The highest BCUT2D eigenvalue weighted by molar-refractivity contribution is 6.04. The van der Waals surface area contributed by atoms with Crippen LogP contribution in [-0.4, -0.2) is 19.9 Å². The Kier molecular flexibility index (Phi) is 3.33. The molecule has 0 aliphatic rings. The van der Waals surface area contributed by atoms with E-state index in [9.17, 15) is 9.59 Å². The van der Waals surface area contributed by atoms with Gasteiger partial charge in [-0.3, -0.25) is 9.59 Å². The first-order valence-corrected chi connectivity index (χ1v) is 4.11. The predicted octanol–water partition coefficient (Wildman–Crippen LogP) is -0.797. The largest absolute Gasteiger partial charge is 0.568 e. The number of rotatable bonds is 4. The summed E-state index contributed by atoms with van der Waals surface area (Å²) in [5.74, 6) is -2.30. The number of hydrogen-bond donors (Lipinski definition) is 2. The Morgan fingerprint density at radius 2 is 1.60 bits per heavy atom. The normalized spacial score (nSPS) is 9.93. The highest BCUT2D eigenvalue weighted by Crippen LogP contribution is 2.18. The topological polar surface area (TPSA) is 95.4 Å². The van der Waals surface area contributed by atoms with Crippen LogP contribution in [0.2, 0.25) is 0 Å². The van der Waals surface area contributed by atoms with Crippen LogP contribution in [0.3, 0.4) is 0 Å². The third-order valence-electron chi connectivity index (χ3n) is 1.92. The zero-order valence-electron chi connectivity index (χ0n) is 7.84. The fourth-order valence-corrected chi connectivity index (χ4v) is 1.21. The molecule has 0 saturated carbocycles. The van der Waals surface area contributed by atoms with E-state index < -0.39 is 17.7 Å². The predicted molar refractivity (Wildman–Crippen MR) is 54.0 cm³/mol. The van der Waals surface area contributed by atoms with Crippen LogP contribution in [-0.2, 0) is 9.59 Å². The Morgan fingerprint density at radius 1 is 1.13 bits per heavy atom. The minimum atomic E-state index is -1.13. The van der Waals surface area contributed by atoms with Crippen LogP contribution in [0.5, 0.6) is 5.75 Å². The first kappa shape index (κ1) is 11.1. The van der Waals surface area contributed by atoms with E-state index in [0.29, 0.717) is 11.3 Å². The van der Waals surface area contributed by atoms with Crippen LogP contribution in [0.15, 0.2) is 24.3 Å². The summed E-state index contributed by atoms with van der Waals surface area (Å²) in [5.41, 5.74) is 10.5. The highest BCUT2D eigenvalue weighted by atomic mass is 16.4. The third kappa shape index (κ3) is 2.49. The molecule has 0 bridgehead atoms. The molecule has 0 atom stereocenters. The minimum Gasteiger partial charge on any atom is -0.568 e. The van der Waals surface area contributed by atoms with Gasteiger partial charge in [-0.05, 0) is 17.7 Å². The van der Waals surface area contributed by atoms with Gasteiger partial charge in [0.15, 0.2) is 0 Å². The molecule has 76 valence electrons. The number of nitrogens with two attached hydrogens (primary N) is 2. The van der Waals surface area contributed by atoms with E-state index in [1.54, 1.807) is 0 Å². The summed E-state index contributed by atoms with van der Waals surface area (Å²) in [5, 5.41) is 0. The van der Waals surface area contributed by atoms with Gasteiger partial charge in [-0.2, -0.15) is 0 Å². The van der Waals surface area contributed by atoms with Crippen LogP contribution in [0.25, 0.3) is 0 Å². The van der Waals surface area contributed by atoms with Crippen molar-refractivity contribution in [2.45, 2.75) is 5.92 Å². The lowest BCUT2D eigenvalue weighted by atomic mass is 9.98. The number of amides is 2. The molecule has 2 radical (unpaired) electrons. The quantitative estimate of drug-likeness (QED) is 0.496. The van der Waals surface area contributed by atoms with Crippen molar-refractivity contribution >= 4 is 19.9 Å². The molecule has 0 spiro atoms. The van der Waals surface area contributed by atoms with Crippen LogP contribution in [0, 0.1) is 0 Å². The molecular formula is C9H9BN2O3. The molecule has 6 heteroatoms. The van der Waals surface area contributed by atoms with Crippen molar-refractivity contribution < 1.29 is 14.2 Å². The second kappa shape index (κ2) is 4.50. The van der Waals surface area contributed by atoms with Crippen LogP contribution in [0.1, 0.15) is 11.5 Å². The van der Waals surface area contributed by atoms with E-state index in [1.165, 1.54) is 24.3 Å². The maximum absolute atomic E-state index is 11.0. The van der Waals surface area contributed by atoms with Gasteiger partial charge in [-0.15, -0.1) is 0 Å². The maximum Gasteiger partial charge on any atom is 0.374 e. The fourth-order valence-electron chi connectivity index (χ4n) is 1.21. The molecule has 0 heterocycles. The van der Waals surface area contributed by atoms with Gasteiger partial charge < -0.3 is 16.1 Å². The van der Waals surface area contributed by atoms with Gasteiger partial charge in [-0.25, -0.2) is 0 Å². The molecule has 0 aliphatic carbocycles. The van der Waals surface area contributed by atoms with E-state index in [1.807, 2.05) is 0 Å². The lowest BCUT2D eigenvalue weighted by Crippen LogP contribution is -2.32. The van der Waals surface area contributed by atoms with E-state index in [0.717, 1.165) is 0 Å². The van der Waals surface area contributed by atoms with Crippen molar-refractivity contribution in [2.75, 3.05) is 0 Å². The van der Waals surface area contributed by atoms with Gasteiger partial charge in [0.05, 0.1) is 5.75 Å².